The first-order valence-corrected chi connectivity index (χ1v) is 6.16. The maximum absolute atomic E-state index is 11.5. The van der Waals surface area contributed by atoms with Crippen LogP contribution < -0.4 is 4.74 Å². The van der Waals surface area contributed by atoms with Crippen LogP contribution in [0.4, 0.5) is 0 Å². The van der Waals surface area contributed by atoms with Crippen molar-refractivity contribution in [3.8, 4) is 5.75 Å². The molecule has 0 aromatic carbocycles. The Labute approximate surface area is 103 Å². The normalized spacial score (nSPS) is 17.8. The van der Waals surface area contributed by atoms with Gasteiger partial charge in [-0.15, -0.1) is 0 Å². The molecule has 4 rings (SSSR count). The quantitative estimate of drug-likeness (QED) is 0.875. The van der Waals surface area contributed by atoms with E-state index in [0.717, 1.165) is 41.8 Å². The van der Waals surface area contributed by atoms with Gasteiger partial charge in [-0.05, 0) is 18.9 Å². The van der Waals surface area contributed by atoms with Gasteiger partial charge < -0.3 is 9.84 Å². The Bertz CT molecular complexity index is 670. The van der Waals surface area contributed by atoms with E-state index in [4.69, 9.17) is 4.74 Å². The van der Waals surface area contributed by atoms with E-state index in [2.05, 4.69) is 5.10 Å². The fourth-order valence-corrected chi connectivity index (χ4v) is 2.70. The van der Waals surface area contributed by atoms with Gasteiger partial charge in [0, 0.05) is 24.1 Å². The number of carboxylic acid groups (broad SMARTS) is 1. The fourth-order valence-electron chi connectivity index (χ4n) is 2.70. The summed E-state index contributed by atoms with van der Waals surface area (Å²) in [5.41, 5.74) is 2.82. The van der Waals surface area contributed by atoms with Gasteiger partial charge in [0.2, 0.25) is 0 Å². The number of carboxylic acids is 1. The molecule has 2 aromatic rings. The van der Waals surface area contributed by atoms with Crippen LogP contribution in [0, 0.1) is 0 Å². The zero-order valence-electron chi connectivity index (χ0n) is 9.72. The third kappa shape index (κ3) is 1.21. The van der Waals surface area contributed by atoms with Crippen LogP contribution in [-0.4, -0.2) is 27.3 Å². The molecule has 0 amide bonds. The lowest BCUT2D eigenvalue weighted by atomic mass is 10.1. The molecule has 2 aromatic heterocycles. The predicted octanol–water partition coefficient (Wildman–Crippen LogP) is 1.84. The first-order chi connectivity index (χ1) is 8.75. The minimum absolute atomic E-state index is 0.328. The zero-order valence-corrected chi connectivity index (χ0v) is 9.72. The lowest BCUT2D eigenvalue weighted by Gasteiger charge is -2.01. The summed E-state index contributed by atoms with van der Waals surface area (Å²) in [4.78, 5) is 11.5. The van der Waals surface area contributed by atoms with Crippen LogP contribution in [0.25, 0.3) is 5.52 Å². The molecule has 5 nitrogen and oxygen atoms in total. The summed E-state index contributed by atoms with van der Waals surface area (Å²) < 4.78 is 7.19. The van der Waals surface area contributed by atoms with Crippen molar-refractivity contribution in [2.45, 2.75) is 25.2 Å². The standard InChI is InChI=1S/C13H12N2O3/c16-13(17)10-11(7-1-2-7)14-15-5-3-9-8(12(10)15)4-6-18-9/h3,5,7H,1-2,4,6H2,(H,16,17). The van der Waals surface area contributed by atoms with Crippen LogP contribution in [0.15, 0.2) is 12.3 Å². The van der Waals surface area contributed by atoms with Crippen LogP contribution >= 0.6 is 0 Å². The molecule has 0 radical (unpaired) electrons. The molecule has 0 spiro atoms. The summed E-state index contributed by atoms with van der Waals surface area (Å²) >= 11 is 0. The Hall–Kier alpha value is -2.04. The number of hydrogen-bond acceptors (Lipinski definition) is 3. The second kappa shape index (κ2) is 3.25. The van der Waals surface area contributed by atoms with Gasteiger partial charge >= 0.3 is 5.97 Å². The van der Waals surface area contributed by atoms with Crippen LogP contribution in [0.3, 0.4) is 0 Å². The number of rotatable bonds is 2. The minimum atomic E-state index is -0.882. The molecule has 3 heterocycles. The number of hydrogen-bond donors (Lipinski definition) is 1. The van der Waals surface area contributed by atoms with Crippen molar-refractivity contribution in [1.29, 1.82) is 0 Å². The maximum Gasteiger partial charge on any atom is 0.339 e. The summed E-state index contributed by atoms with van der Waals surface area (Å²) in [6.07, 6.45) is 4.64. The lowest BCUT2D eigenvalue weighted by molar-refractivity contribution is 0.0697. The smallest absolute Gasteiger partial charge is 0.339 e. The van der Waals surface area contributed by atoms with Crippen LogP contribution in [0.5, 0.6) is 5.75 Å². The van der Waals surface area contributed by atoms with Gasteiger partial charge in [0.15, 0.2) is 0 Å². The minimum Gasteiger partial charge on any atom is -0.493 e. The molecule has 0 atom stereocenters. The molecule has 1 aliphatic carbocycles. The van der Waals surface area contributed by atoms with E-state index in [-0.39, 0.29) is 0 Å². The lowest BCUT2D eigenvalue weighted by Crippen LogP contribution is -2.01. The van der Waals surface area contributed by atoms with Crippen molar-refractivity contribution in [2.24, 2.45) is 0 Å². The Morgan fingerprint density at radius 1 is 1.50 bits per heavy atom. The SMILES string of the molecule is O=C(O)c1c(C2CC2)nn2ccc3c(c12)CCO3. The van der Waals surface area contributed by atoms with Crippen molar-refractivity contribution < 1.29 is 14.6 Å². The third-order valence-electron chi connectivity index (χ3n) is 3.68. The molecule has 1 saturated carbocycles. The number of aromatic carboxylic acids is 1. The molecule has 1 fully saturated rings. The molecule has 0 unspecified atom stereocenters. The summed E-state index contributed by atoms with van der Waals surface area (Å²) in [6, 6.07) is 1.87. The van der Waals surface area contributed by atoms with Crippen molar-refractivity contribution in [3.63, 3.8) is 0 Å². The Kier molecular flexibility index (Phi) is 1.79. The molecule has 0 saturated heterocycles. The van der Waals surface area contributed by atoms with Gasteiger partial charge in [0.25, 0.3) is 0 Å². The molecule has 1 aliphatic heterocycles. The summed E-state index contributed by atoms with van der Waals surface area (Å²) in [6.45, 7) is 0.623. The molecular formula is C13H12N2O3. The Balaban J connectivity index is 2.09. The fraction of sp³-hybridized carbons (Fsp3) is 0.385. The van der Waals surface area contributed by atoms with Crippen molar-refractivity contribution >= 4 is 11.5 Å². The average Bonchev–Trinajstić information content (AvgIpc) is 2.94. The Morgan fingerprint density at radius 3 is 3.06 bits per heavy atom. The molecule has 0 bridgehead atoms. The molecule has 92 valence electrons. The van der Waals surface area contributed by atoms with Gasteiger partial charge in [-0.1, -0.05) is 0 Å². The highest BCUT2D eigenvalue weighted by atomic mass is 16.5. The number of aromatic nitrogens is 2. The number of ether oxygens (including phenoxy) is 1. The Morgan fingerprint density at radius 2 is 2.33 bits per heavy atom. The van der Waals surface area contributed by atoms with E-state index in [1.807, 2.05) is 6.07 Å². The van der Waals surface area contributed by atoms with E-state index in [0.29, 0.717) is 18.1 Å². The average molecular weight is 244 g/mol. The summed E-state index contributed by atoms with van der Waals surface area (Å²) in [7, 11) is 0. The van der Waals surface area contributed by atoms with Crippen molar-refractivity contribution in [1.82, 2.24) is 9.61 Å². The van der Waals surface area contributed by atoms with Crippen LogP contribution in [0.2, 0.25) is 0 Å². The molecule has 5 heteroatoms. The van der Waals surface area contributed by atoms with Crippen LogP contribution in [0.1, 0.15) is 40.4 Å². The molecule has 18 heavy (non-hydrogen) atoms. The number of fused-ring (bicyclic) bond motifs is 3. The van der Waals surface area contributed by atoms with Crippen molar-refractivity contribution in [2.75, 3.05) is 6.61 Å². The summed E-state index contributed by atoms with van der Waals surface area (Å²) in [5, 5.41) is 13.9. The van der Waals surface area contributed by atoms with Gasteiger partial charge in [0.1, 0.15) is 11.3 Å². The van der Waals surface area contributed by atoms with E-state index in [9.17, 15) is 9.90 Å². The van der Waals surface area contributed by atoms with Gasteiger partial charge in [-0.25, -0.2) is 9.31 Å². The van der Waals surface area contributed by atoms with E-state index in [1.54, 1.807) is 10.7 Å². The van der Waals surface area contributed by atoms with Gasteiger partial charge in [-0.2, -0.15) is 5.10 Å². The highest BCUT2D eigenvalue weighted by Crippen LogP contribution is 2.43. The van der Waals surface area contributed by atoms with E-state index >= 15 is 0 Å². The maximum atomic E-state index is 11.5. The first-order valence-electron chi connectivity index (χ1n) is 6.16. The predicted molar refractivity (Wildman–Crippen MR) is 63.3 cm³/mol. The zero-order chi connectivity index (χ0) is 12.3. The number of pyridine rings is 1. The third-order valence-corrected chi connectivity index (χ3v) is 3.68. The number of nitrogens with zero attached hydrogens (tertiary/aromatic N) is 2. The second-order valence-corrected chi connectivity index (χ2v) is 4.89. The molecular weight excluding hydrogens is 232 g/mol. The van der Waals surface area contributed by atoms with Crippen molar-refractivity contribution in [3.05, 3.63) is 29.1 Å². The van der Waals surface area contributed by atoms with Gasteiger partial charge in [0.05, 0.1) is 17.8 Å². The number of carbonyl (C=O) groups is 1. The van der Waals surface area contributed by atoms with Crippen LogP contribution in [-0.2, 0) is 6.42 Å². The molecule has 1 N–H and O–H groups in total. The van der Waals surface area contributed by atoms with E-state index in [1.165, 1.54) is 0 Å². The van der Waals surface area contributed by atoms with E-state index < -0.39 is 5.97 Å². The van der Waals surface area contributed by atoms with Gasteiger partial charge in [-0.3, -0.25) is 0 Å². The molecule has 2 aliphatic rings. The highest BCUT2D eigenvalue weighted by Gasteiger charge is 2.34. The highest BCUT2D eigenvalue weighted by molar-refractivity contribution is 5.99. The largest absolute Gasteiger partial charge is 0.493 e. The second-order valence-electron chi connectivity index (χ2n) is 4.89. The first kappa shape index (κ1) is 9.94. The topological polar surface area (TPSA) is 63.8 Å². The monoisotopic (exact) mass is 244 g/mol. The summed E-state index contributed by atoms with van der Waals surface area (Å²) in [5.74, 6) is 0.244.